The number of rotatable bonds is 4. The molecule has 22 heavy (non-hydrogen) atoms. The predicted molar refractivity (Wildman–Crippen MR) is 90.1 cm³/mol. The Morgan fingerprint density at radius 3 is 2.86 bits per heavy atom. The van der Waals surface area contributed by atoms with E-state index in [1.54, 1.807) is 0 Å². The van der Waals surface area contributed by atoms with Crippen molar-refractivity contribution < 1.29 is 9.18 Å². The van der Waals surface area contributed by atoms with Gasteiger partial charge in [-0.25, -0.2) is 4.39 Å². The normalized spacial score (nSPS) is 23.0. The van der Waals surface area contributed by atoms with Gasteiger partial charge in [0.15, 0.2) is 0 Å². The minimum absolute atomic E-state index is 0. The fourth-order valence-electron chi connectivity index (χ4n) is 2.56. The Hall–Kier alpha value is -0.880. The van der Waals surface area contributed by atoms with Gasteiger partial charge in [-0.15, -0.1) is 12.4 Å². The van der Waals surface area contributed by atoms with Crippen molar-refractivity contribution in [2.45, 2.75) is 26.3 Å². The molecule has 1 amide bonds. The van der Waals surface area contributed by atoms with Crippen LogP contribution in [-0.4, -0.2) is 36.5 Å². The van der Waals surface area contributed by atoms with Gasteiger partial charge in [0, 0.05) is 11.6 Å². The van der Waals surface area contributed by atoms with Crippen molar-refractivity contribution in [1.82, 2.24) is 4.90 Å². The summed E-state index contributed by atoms with van der Waals surface area (Å²) in [4.78, 5) is 14.3. The lowest BCUT2D eigenvalue weighted by atomic mass is 9.90. The van der Waals surface area contributed by atoms with Crippen molar-refractivity contribution in [3.63, 3.8) is 0 Å². The molecule has 1 saturated heterocycles. The highest BCUT2D eigenvalue weighted by atomic mass is 35.5. The largest absolute Gasteiger partial charge is 0.330 e. The Kier molecular flexibility index (Phi) is 6.62. The van der Waals surface area contributed by atoms with Gasteiger partial charge in [0.1, 0.15) is 5.82 Å². The van der Waals surface area contributed by atoms with E-state index < -0.39 is 5.82 Å². The fraction of sp³-hybridized carbons (Fsp3) is 0.533. The number of nitrogens with zero attached hydrogens (tertiary/aromatic N) is 1. The Labute approximate surface area is 141 Å². The Bertz CT molecular complexity index is 544. The molecule has 4 nitrogen and oxygen atoms in total. The maximum Gasteiger partial charge on any atom is 0.241 e. The van der Waals surface area contributed by atoms with E-state index in [1.807, 2.05) is 6.92 Å². The van der Waals surface area contributed by atoms with Crippen molar-refractivity contribution in [2.75, 3.05) is 25.0 Å². The van der Waals surface area contributed by atoms with Crippen LogP contribution >= 0.6 is 24.0 Å². The number of nitrogens with two attached hydrogens (primary N) is 1. The van der Waals surface area contributed by atoms with Gasteiger partial charge in [-0.2, -0.15) is 0 Å². The van der Waals surface area contributed by atoms with E-state index in [0.29, 0.717) is 11.6 Å². The van der Waals surface area contributed by atoms with E-state index in [0.717, 1.165) is 19.5 Å². The molecule has 1 heterocycles. The van der Waals surface area contributed by atoms with E-state index >= 15 is 0 Å². The summed E-state index contributed by atoms with van der Waals surface area (Å²) < 4.78 is 13.6. The molecule has 3 N–H and O–H groups in total. The molecule has 0 bridgehead atoms. The number of carbonyl (C=O) groups is 1. The van der Waals surface area contributed by atoms with Gasteiger partial charge in [-0.05, 0) is 50.0 Å². The summed E-state index contributed by atoms with van der Waals surface area (Å²) in [6.45, 7) is 6.13. The monoisotopic (exact) mass is 349 g/mol. The number of hydrogen-bond acceptors (Lipinski definition) is 3. The number of carbonyl (C=O) groups excluding carboxylic acids is 1. The van der Waals surface area contributed by atoms with Gasteiger partial charge in [0.05, 0.1) is 11.7 Å². The van der Waals surface area contributed by atoms with Gasteiger partial charge in [-0.1, -0.05) is 18.5 Å². The molecule has 2 rings (SSSR count). The number of benzene rings is 1. The third-order valence-corrected chi connectivity index (χ3v) is 4.43. The zero-order valence-electron chi connectivity index (χ0n) is 12.7. The average Bonchev–Trinajstić information content (AvgIpc) is 2.85. The van der Waals surface area contributed by atoms with Crippen molar-refractivity contribution in [2.24, 2.45) is 11.1 Å². The van der Waals surface area contributed by atoms with E-state index in [9.17, 15) is 9.18 Å². The SMILES string of the molecule is CC(C(=O)Nc1cc(Cl)ccc1F)N1CCC(C)(CN)C1.Cl. The molecular weight excluding hydrogens is 328 g/mol. The topological polar surface area (TPSA) is 58.4 Å². The number of likely N-dealkylation sites (tertiary alicyclic amines) is 1. The summed E-state index contributed by atoms with van der Waals surface area (Å²) in [6.07, 6.45) is 0.965. The predicted octanol–water partition coefficient (Wildman–Crippen LogP) is 2.90. The summed E-state index contributed by atoms with van der Waals surface area (Å²) in [6, 6.07) is 3.76. The van der Waals surface area contributed by atoms with E-state index in [-0.39, 0.29) is 35.5 Å². The molecule has 0 spiro atoms. The van der Waals surface area contributed by atoms with Crippen LogP contribution in [0.15, 0.2) is 18.2 Å². The molecule has 2 atom stereocenters. The summed E-state index contributed by atoms with van der Waals surface area (Å²) in [5.74, 6) is -0.731. The van der Waals surface area contributed by atoms with Gasteiger partial charge in [0.25, 0.3) is 0 Å². The standard InChI is InChI=1S/C15H21ClFN3O.ClH/c1-10(20-6-5-15(2,8-18)9-20)14(21)19-13-7-11(16)3-4-12(13)17;/h3-4,7,10H,5-6,8-9,18H2,1-2H3,(H,19,21);1H. The van der Waals surface area contributed by atoms with Crippen molar-refractivity contribution in [1.29, 1.82) is 0 Å². The molecule has 1 aliphatic heterocycles. The third-order valence-electron chi connectivity index (χ3n) is 4.19. The van der Waals surface area contributed by atoms with Crippen LogP contribution in [0.2, 0.25) is 5.02 Å². The maximum absolute atomic E-state index is 13.6. The first kappa shape index (κ1) is 19.2. The molecule has 0 aliphatic carbocycles. The van der Waals surface area contributed by atoms with E-state index in [4.69, 9.17) is 17.3 Å². The first-order valence-corrected chi connectivity index (χ1v) is 7.42. The van der Waals surface area contributed by atoms with Gasteiger partial charge < -0.3 is 11.1 Å². The van der Waals surface area contributed by atoms with Crippen LogP contribution in [0.1, 0.15) is 20.3 Å². The van der Waals surface area contributed by atoms with E-state index in [2.05, 4.69) is 17.1 Å². The van der Waals surface area contributed by atoms with Crippen LogP contribution in [0.4, 0.5) is 10.1 Å². The minimum atomic E-state index is -0.492. The molecule has 1 aromatic rings. The van der Waals surface area contributed by atoms with E-state index in [1.165, 1.54) is 18.2 Å². The first-order valence-electron chi connectivity index (χ1n) is 7.05. The Morgan fingerprint density at radius 1 is 1.59 bits per heavy atom. The zero-order valence-corrected chi connectivity index (χ0v) is 14.3. The number of anilines is 1. The second-order valence-corrected chi connectivity index (χ2v) is 6.46. The molecule has 1 aromatic carbocycles. The summed E-state index contributed by atoms with van der Waals surface area (Å²) in [5.41, 5.74) is 5.94. The van der Waals surface area contributed by atoms with Crippen LogP contribution in [-0.2, 0) is 4.79 Å². The van der Waals surface area contributed by atoms with Gasteiger partial charge >= 0.3 is 0 Å². The molecule has 1 aliphatic rings. The third kappa shape index (κ3) is 4.32. The smallest absolute Gasteiger partial charge is 0.241 e. The molecule has 124 valence electrons. The quantitative estimate of drug-likeness (QED) is 0.878. The molecular formula is C15H22Cl2FN3O. The molecule has 1 fully saturated rings. The Balaban J connectivity index is 0.00000242. The number of nitrogens with one attached hydrogen (secondary N) is 1. The van der Waals surface area contributed by atoms with Crippen LogP contribution in [0.5, 0.6) is 0 Å². The Morgan fingerprint density at radius 2 is 2.27 bits per heavy atom. The molecule has 2 unspecified atom stereocenters. The lowest BCUT2D eigenvalue weighted by molar-refractivity contribution is -0.120. The fourth-order valence-corrected chi connectivity index (χ4v) is 2.73. The number of hydrogen-bond donors (Lipinski definition) is 2. The van der Waals surface area contributed by atoms with Crippen LogP contribution in [0.25, 0.3) is 0 Å². The van der Waals surface area contributed by atoms with Crippen LogP contribution in [0, 0.1) is 11.2 Å². The van der Waals surface area contributed by atoms with Crippen molar-refractivity contribution >= 4 is 35.6 Å². The van der Waals surface area contributed by atoms with Gasteiger partial charge in [0.2, 0.25) is 5.91 Å². The number of amides is 1. The lowest BCUT2D eigenvalue weighted by Gasteiger charge is -2.26. The highest BCUT2D eigenvalue weighted by molar-refractivity contribution is 6.30. The molecule has 0 saturated carbocycles. The molecule has 7 heteroatoms. The summed E-state index contributed by atoms with van der Waals surface area (Å²) >= 11 is 5.82. The van der Waals surface area contributed by atoms with Crippen molar-refractivity contribution in [3.8, 4) is 0 Å². The first-order chi connectivity index (χ1) is 9.84. The average molecular weight is 350 g/mol. The van der Waals surface area contributed by atoms with Crippen molar-refractivity contribution in [3.05, 3.63) is 29.0 Å². The molecule has 0 radical (unpaired) electrons. The highest BCUT2D eigenvalue weighted by Gasteiger charge is 2.36. The molecule has 0 aromatic heterocycles. The second kappa shape index (κ2) is 7.59. The van der Waals surface area contributed by atoms with Crippen LogP contribution < -0.4 is 11.1 Å². The highest BCUT2D eigenvalue weighted by Crippen LogP contribution is 2.30. The van der Waals surface area contributed by atoms with Gasteiger partial charge in [-0.3, -0.25) is 9.69 Å². The maximum atomic E-state index is 13.6. The zero-order chi connectivity index (χ0) is 15.6. The summed E-state index contributed by atoms with van der Waals surface area (Å²) in [5, 5.41) is 2.99. The second-order valence-electron chi connectivity index (χ2n) is 6.02. The lowest BCUT2D eigenvalue weighted by Crippen LogP contribution is -2.42. The summed E-state index contributed by atoms with van der Waals surface area (Å²) in [7, 11) is 0. The van der Waals surface area contributed by atoms with Crippen LogP contribution in [0.3, 0.4) is 0 Å². The minimum Gasteiger partial charge on any atom is -0.330 e. The number of halogens is 3.